The van der Waals surface area contributed by atoms with Gasteiger partial charge in [0, 0.05) is 21.2 Å². The fraction of sp³-hybridized carbons (Fsp3) is 0.167. The number of imide groups is 2. The third-order valence-corrected chi connectivity index (χ3v) is 6.50. The van der Waals surface area contributed by atoms with Crippen LogP contribution in [0.4, 0.5) is 10.5 Å². The number of allylic oxidation sites excluding steroid dienone is 1. The van der Waals surface area contributed by atoms with Crippen LogP contribution in [0.15, 0.2) is 72.8 Å². The van der Waals surface area contributed by atoms with E-state index < -0.39 is 17.8 Å². The van der Waals surface area contributed by atoms with Crippen LogP contribution in [0.5, 0.6) is 11.5 Å². The summed E-state index contributed by atoms with van der Waals surface area (Å²) in [5, 5.41) is 3.24. The molecule has 0 aromatic heterocycles. The number of halogens is 2. The Hall–Kier alpha value is -4.07. The second-order valence-corrected chi connectivity index (χ2v) is 9.59. The lowest BCUT2D eigenvalue weighted by Gasteiger charge is -2.26. The molecule has 0 radical (unpaired) electrons. The van der Waals surface area contributed by atoms with Crippen LogP contribution in [0.1, 0.15) is 29.2 Å². The number of benzene rings is 3. The molecule has 4 rings (SSSR count). The van der Waals surface area contributed by atoms with Crippen molar-refractivity contribution in [3.63, 3.8) is 0 Å². The molecule has 1 fully saturated rings. The number of nitrogens with one attached hydrogen (secondary N) is 1. The number of urea groups is 1. The van der Waals surface area contributed by atoms with Gasteiger partial charge in [0.1, 0.15) is 12.2 Å². The zero-order valence-electron chi connectivity index (χ0n) is 21.4. The first-order chi connectivity index (χ1) is 18.7. The highest BCUT2D eigenvalue weighted by molar-refractivity contribution is 6.39. The molecule has 3 aromatic carbocycles. The number of carbonyl (C=O) groups excluding carboxylic acids is 3. The average Bonchev–Trinajstić information content (AvgIpc) is 2.88. The summed E-state index contributed by atoms with van der Waals surface area (Å²) in [6.07, 6.45) is 3.56. The molecule has 0 spiro atoms. The third kappa shape index (κ3) is 6.33. The summed E-state index contributed by atoms with van der Waals surface area (Å²) < 4.78 is 12.0. The van der Waals surface area contributed by atoms with Crippen LogP contribution >= 0.6 is 23.2 Å². The van der Waals surface area contributed by atoms with Gasteiger partial charge in [-0.15, -0.1) is 6.58 Å². The number of nitrogens with zero attached hydrogens (tertiary/aromatic N) is 1. The summed E-state index contributed by atoms with van der Waals surface area (Å²) in [7, 11) is 0. The summed E-state index contributed by atoms with van der Waals surface area (Å²) in [5.41, 5.74) is 3.11. The van der Waals surface area contributed by atoms with Crippen molar-refractivity contribution >= 4 is 52.8 Å². The molecule has 3 aromatic rings. The van der Waals surface area contributed by atoms with Crippen molar-refractivity contribution < 1.29 is 23.9 Å². The van der Waals surface area contributed by atoms with Crippen molar-refractivity contribution in [1.29, 1.82) is 0 Å². The molecule has 0 saturated carbocycles. The van der Waals surface area contributed by atoms with Gasteiger partial charge < -0.3 is 9.47 Å². The van der Waals surface area contributed by atoms with Gasteiger partial charge in [0.25, 0.3) is 11.8 Å². The Balaban J connectivity index is 1.72. The number of rotatable bonds is 9. The van der Waals surface area contributed by atoms with Gasteiger partial charge in [-0.1, -0.05) is 53.0 Å². The summed E-state index contributed by atoms with van der Waals surface area (Å²) in [6, 6.07) is 14.7. The maximum atomic E-state index is 13.3. The van der Waals surface area contributed by atoms with E-state index in [1.807, 2.05) is 13.8 Å². The molecule has 1 aliphatic rings. The Bertz CT molecular complexity index is 1480. The van der Waals surface area contributed by atoms with E-state index in [-0.39, 0.29) is 12.2 Å². The van der Waals surface area contributed by atoms with E-state index in [1.165, 1.54) is 6.08 Å². The van der Waals surface area contributed by atoms with Crippen LogP contribution in [-0.4, -0.2) is 24.5 Å². The fourth-order valence-electron chi connectivity index (χ4n) is 4.04. The fourth-order valence-corrected chi connectivity index (χ4v) is 4.50. The Labute approximate surface area is 236 Å². The van der Waals surface area contributed by atoms with Gasteiger partial charge in [0.15, 0.2) is 11.5 Å². The molecule has 9 heteroatoms. The number of carbonyl (C=O) groups is 3. The number of barbiturate groups is 1. The first kappa shape index (κ1) is 28.0. The minimum atomic E-state index is -0.807. The quantitative estimate of drug-likeness (QED) is 0.178. The van der Waals surface area contributed by atoms with Gasteiger partial charge in [-0.3, -0.25) is 14.9 Å². The number of hydrogen-bond donors (Lipinski definition) is 1. The molecule has 1 saturated heterocycles. The van der Waals surface area contributed by atoms with E-state index >= 15 is 0 Å². The van der Waals surface area contributed by atoms with Gasteiger partial charge in [0.05, 0.1) is 12.3 Å². The second kappa shape index (κ2) is 12.2. The predicted octanol–water partition coefficient (Wildman–Crippen LogP) is 6.67. The predicted molar refractivity (Wildman–Crippen MR) is 152 cm³/mol. The first-order valence-electron chi connectivity index (χ1n) is 12.2. The number of hydrogen-bond acceptors (Lipinski definition) is 5. The van der Waals surface area contributed by atoms with Crippen LogP contribution in [0.3, 0.4) is 0 Å². The zero-order valence-corrected chi connectivity index (χ0v) is 22.9. The average molecular weight is 565 g/mol. The molecule has 1 heterocycles. The van der Waals surface area contributed by atoms with Crippen LogP contribution in [0, 0.1) is 6.92 Å². The summed E-state index contributed by atoms with van der Waals surface area (Å²) in [4.78, 5) is 39.5. The van der Waals surface area contributed by atoms with Crippen molar-refractivity contribution in [2.45, 2.75) is 26.9 Å². The molecule has 1 N–H and O–H groups in total. The Morgan fingerprint density at radius 1 is 0.974 bits per heavy atom. The topological polar surface area (TPSA) is 84.9 Å². The molecular formula is C30H26Cl2N2O5. The highest BCUT2D eigenvalue weighted by atomic mass is 35.5. The Kier molecular flexibility index (Phi) is 8.74. The van der Waals surface area contributed by atoms with Crippen molar-refractivity contribution in [2.24, 2.45) is 0 Å². The summed E-state index contributed by atoms with van der Waals surface area (Å²) in [5.74, 6) is -0.604. The normalized spacial score (nSPS) is 14.4. The third-order valence-electron chi connectivity index (χ3n) is 5.91. The molecule has 0 aliphatic carbocycles. The minimum absolute atomic E-state index is 0.162. The van der Waals surface area contributed by atoms with E-state index in [9.17, 15) is 14.4 Å². The summed E-state index contributed by atoms with van der Waals surface area (Å²) >= 11 is 12.3. The molecular weight excluding hydrogens is 539 g/mol. The van der Waals surface area contributed by atoms with Crippen molar-refractivity contribution in [2.75, 3.05) is 11.5 Å². The van der Waals surface area contributed by atoms with Gasteiger partial charge >= 0.3 is 6.03 Å². The van der Waals surface area contributed by atoms with Gasteiger partial charge in [-0.05, 0) is 68.3 Å². The van der Waals surface area contributed by atoms with Crippen molar-refractivity contribution in [3.8, 4) is 11.5 Å². The molecule has 200 valence electrons. The Morgan fingerprint density at radius 3 is 2.38 bits per heavy atom. The van der Waals surface area contributed by atoms with Gasteiger partial charge in [-0.2, -0.15) is 0 Å². The number of aryl methyl sites for hydroxylation is 1. The van der Waals surface area contributed by atoms with Crippen LogP contribution in [0.25, 0.3) is 6.08 Å². The molecule has 4 amide bonds. The van der Waals surface area contributed by atoms with Gasteiger partial charge in [-0.25, -0.2) is 9.69 Å². The standard InChI is InChI=1S/C30H26Cl2N2O5/c1-4-6-20-13-19(15-26(38-5-2)27(20)39-17-21-9-10-22(31)16-25(21)32)14-24-28(35)33-30(37)34(29(24)36)23-11-7-18(3)8-12-23/h4,7-16H,1,5-6,17H2,2-3H3,(H,33,35,37)/b24-14+. The number of ether oxygens (including phenoxy) is 2. The van der Waals surface area contributed by atoms with Crippen LogP contribution in [0.2, 0.25) is 10.0 Å². The minimum Gasteiger partial charge on any atom is -0.490 e. The van der Waals surface area contributed by atoms with E-state index in [2.05, 4.69) is 11.9 Å². The Morgan fingerprint density at radius 2 is 1.72 bits per heavy atom. The van der Waals surface area contributed by atoms with E-state index in [4.69, 9.17) is 32.7 Å². The molecule has 0 bridgehead atoms. The number of amides is 4. The number of anilines is 1. The lowest BCUT2D eigenvalue weighted by atomic mass is 10.0. The zero-order chi connectivity index (χ0) is 28.1. The maximum Gasteiger partial charge on any atom is 0.335 e. The smallest absolute Gasteiger partial charge is 0.335 e. The molecule has 0 unspecified atom stereocenters. The van der Waals surface area contributed by atoms with E-state index in [0.717, 1.165) is 21.6 Å². The maximum absolute atomic E-state index is 13.3. The molecule has 39 heavy (non-hydrogen) atoms. The molecule has 1 aliphatic heterocycles. The van der Waals surface area contributed by atoms with Crippen molar-refractivity contribution in [3.05, 3.63) is 105 Å². The largest absolute Gasteiger partial charge is 0.490 e. The molecule has 0 atom stereocenters. The highest BCUT2D eigenvalue weighted by Gasteiger charge is 2.36. The van der Waals surface area contributed by atoms with Crippen LogP contribution in [-0.2, 0) is 22.6 Å². The lowest BCUT2D eigenvalue weighted by Crippen LogP contribution is -2.54. The second-order valence-electron chi connectivity index (χ2n) is 8.75. The van der Waals surface area contributed by atoms with Gasteiger partial charge in [0.2, 0.25) is 0 Å². The van der Waals surface area contributed by atoms with Crippen molar-refractivity contribution in [1.82, 2.24) is 5.32 Å². The van der Waals surface area contributed by atoms with E-state index in [1.54, 1.807) is 60.7 Å². The van der Waals surface area contributed by atoms with Crippen LogP contribution < -0.4 is 19.7 Å². The lowest BCUT2D eigenvalue weighted by molar-refractivity contribution is -0.122. The van der Waals surface area contributed by atoms with E-state index in [0.29, 0.717) is 45.8 Å². The summed E-state index contributed by atoms with van der Waals surface area (Å²) in [6.45, 7) is 8.07. The first-order valence-corrected chi connectivity index (χ1v) is 12.9. The SMILES string of the molecule is C=CCc1cc(/C=C2\C(=O)NC(=O)N(c3ccc(C)cc3)C2=O)cc(OCC)c1OCc1ccc(Cl)cc1Cl. The monoisotopic (exact) mass is 564 g/mol. The highest BCUT2D eigenvalue weighted by Crippen LogP contribution is 2.36. The molecule has 7 nitrogen and oxygen atoms in total.